The molecule has 3 aromatic rings. The van der Waals surface area contributed by atoms with Crippen LogP contribution in [0.25, 0.3) is 5.52 Å². The summed E-state index contributed by atoms with van der Waals surface area (Å²) in [5.41, 5.74) is 2.01. The average molecular weight is 323 g/mol. The zero-order chi connectivity index (χ0) is 16.4. The van der Waals surface area contributed by atoms with Gasteiger partial charge in [0.2, 0.25) is 0 Å². The molecule has 0 amide bonds. The fraction of sp³-hybridized carbons (Fsp3) is 0.333. The first-order valence-electron chi connectivity index (χ1n) is 8.28. The van der Waals surface area contributed by atoms with Gasteiger partial charge in [0, 0.05) is 45.1 Å². The van der Waals surface area contributed by atoms with Gasteiger partial charge in [-0.05, 0) is 5.56 Å². The normalized spacial score (nSPS) is 17.3. The van der Waals surface area contributed by atoms with Gasteiger partial charge in [-0.2, -0.15) is 0 Å². The third-order valence-corrected chi connectivity index (χ3v) is 4.61. The number of aliphatic hydroxyl groups excluding tert-OH is 1. The Labute approximate surface area is 141 Å². The molecule has 0 spiro atoms. The van der Waals surface area contributed by atoms with Gasteiger partial charge in [-0.25, -0.2) is 9.97 Å². The zero-order valence-corrected chi connectivity index (χ0v) is 13.5. The molecular weight excluding hydrogens is 302 g/mol. The molecule has 24 heavy (non-hydrogen) atoms. The van der Waals surface area contributed by atoms with Crippen LogP contribution >= 0.6 is 0 Å². The minimum atomic E-state index is -0.436. The third-order valence-electron chi connectivity index (χ3n) is 4.61. The standard InChI is InChI=1S/C18H21N5O/c24-17(15-4-2-1-3-5-15)13-21-8-10-22(11-9-21)18-16-12-19-14-23(16)7-6-20-18/h1-7,12,14,17,24H,8-11,13H2. The SMILES string of the molecule is OC(CN1CCN(c2nccn3cncc23)CC1)c1ccccc1. The Hall–Kier alpha value is -2.44. The lowest BCUT2D eigenvalue weighted by Gasteiger charge is -2.36. The number of fused-ring (bicyclic) bond motifs is 1. The summed E-state index contributed by atoms with van der Waals surface area (Å²) in [6, 6.07) is 9.86. The highest BCUT2D eigenvalue weighted by Crippen LogP contribution is 2.21. The number of imidazole rings is 1. The highest BCUT2D eigenvalue weighted by atomic mass is 16.3. The number of aliphatic hydroxyl groups is 1. The van der Waals surface area contributed by atoms with E-state index < -0.39 is 6.10 Å². The predicted molar refractivity (Wildman–Crippen MR) is 93.0 cm³/mol. The van der Waals surface area contributed by atoms with Gasteiger partial charge in [0.1, 0.15) is 5.52 Å². The van der Waals surface area contributed by atoms with E-state index in [-0.39, 0.29) is 0 Å². The lowest BCUT2D eigenvalue weighted by Crippen LogP contribution is -2.48. The Bertz CT molecular complexity index is 795. The number of anilines is 1. The van der Waals surface area contributed by atoms with Crippen molar-refractivity contribution in [3.63, 3.8) is 0 Å². The molecule has 1 saturated heterocycles. The Balaban J connectivity index is 1.39. The molecule has 0 aliphatic carbocycles. The Morgan fingerprint density at radius 3 is 2.67 bits per heavy atom. The van der Waals surface area contributed by atoms with Gasteiger partial charge in [-0.3, -0.25) is 4.90 Å². The van der Waals surface area contributed by atoms with Crippen molar-refractivity contribution in [3.05, 3.63) is 60.8 Å². The molecule has 0 radical (unpaired) electrons. The second kappa shape index (κ2) is 6.59. The van der Waals surface area contributed by atoms with Gasteiger partial charge < -0.3 is 14.4 Å². The lowest BCUT2D eigenvalue weighted by molar-refractivity contribution is 0.109. The predicted octanol–water partition coefficient (Wildman–Crippen LogP) is 1.58. The molecule has 3 heterocycles. The van der Waals surface area contributed by atoms with Gasteiger partial charge >= 0.3 is 0 Å². The smallest absolute Gasteiger partial charge is 0.154 e. The van der Waals surface area contributed by atoms with E-state index in [9.17, 15) is 5.11 Å². The van der Waals surface area contributed by atoms with Crippen molar-refractivity contribution in [3.8, 4) is 0 Å². The second-order valence-corrected chi connectivity index (χ2v) is 6.15. The van der Waals surface area contributed by atoms with Crippen LogP contribution in [0.1, 0.15) is 11.7 Å². The molecule has 0 saturated carbocycles. The molecule has 1 N–H and O–H groups in total. The molecule has 2 aromatic heterocycles. The monoisotopic (exact) mass is 323 g/mol. The number of nitrogens with zero attached hydrogens (tertiary/aromatic N) is 5. The second-order valence-electron chi connectivity index (χ2n) is 6.15. The number of hydrogen-bond acceptors (Lipinski definition) is 5. The summed E-state index contributed by atoms with van der Waals surface area (Å²) in [6.07, 6.45) is 6.95. The summed E-state index contributed by atoms with van der Waals surface area (Å²) in [4.78, 5) is 13.3. The van der Waals surface area contributed by atoms with E-state index in [1.165, 1.54) is 0 Å². The minimum Gasteiger partial charge on any atom is -0.387 e. The number of β-amino-alcohol motifs (C(OH)–C–C–N with tert-alkyl or cyclic N) is 1. The third kappa shape index (κ3) is 2.98. The fourth-order valence-electron chi connectivity index (χ4n) is 3.25. The molecule has 124 valence electrons. The summed E-state index contributed by atoms with van der Waals surface area (Å²) in [5.74, 6) is 0.984. The number of hydrogen-bond donors (Lipinski definition) is 1. The Morgan fingerprint density at radius 1 is 1.08 bits per heavy atom. The zero-order valence-electron chi connectivity index (χ0n) is 13.5. The van der Waals surface area contributed by atoms with Crippen molar-refractivity contribution >= 4 is 11.3 Å². The van der Waals surface area contributed by atoms with E-state index in [2.05, 4.69) is 19.8 Å². The summed E-state index contributed by atoms with van der Waals surface area (Å²) in [7, 11) is 0. The van der Waals surface area contributed by atoms with Gasteiger partial charge in [0.25, 0.3) is 0 Å². The topological polar surface area (TPSA) is 56.9 Å². The summed E-state index contributed by atoms with van der Waals surface area (Å²) >= 11 is 0. The molecule has 4 rings (SSSR count). The largest absolute Gasteiger partial charge is 0.387 e. The molecule has 1 aromatic carbocycles. The summed E-state index contributed by atoms with van der Waals surface area (Å²) < 4.78 is 1.99. The molecule has 1 aliphatic heterocycles. The van der Waals surface area contributed by atoms with E-state index in [4.69, 9.17) is 0 Å². The maximum absolute atomic E-state index is 10.4. The maximum Gasteiger partial charge on any atom is 0.154 e. The number of aromatic nitrogens is 3. The van der Waals surface area contributed by atoms with Crippen LogP contribution in [-0.4, -0.2) is 57.1 Å². The average Bonchev–Trinajstić information content (AvgIpc) is 3.12. The van der Waals surface area contributed by atoms with Crippen molar-refractivity contribution in [2.75, 3.05) is 37.6 Å². The van der Waals surface area contributed by atoms with Crippen molar-refractivity contribution in [1.82, 2.24) is 19.3 Å². The number of piperazine rings is 1. The molecule has 1 fully saturated rings. The Morgan fingerprint density at radius 2 is 1.88 bits per heavy atom. The first-order valence-corrected chi connectivity index (χ1v) is 8.28. The van der Waals surface area contributed by atoms with Crippen LogP contribution in [0.5, 0.6) is 0 Å². The van der Waals surface area contributed by atoms with Gasteiger partial charge in [-0.1, -0.05) is 30.3 Å². The number of rotatable bonds is 4. The summed E-state index contributed by atoms with van der Waals surface area (Å²) in [5, 5.41) is 10.4. The van der Waals surface area contributed by atoms with Gasteiger partial charge in [0.15, 0.2) is 5.82 Å². The van der Waals surface area contributed by atoms with Crippen LogP contribution in [0.15, 0.2) is 55.2 Å². The van der Waals surface area contributed by atoms with Gasteiger partial charge in [0.05, 0.1) is 18.6 Å². The molecular formula is C18H21N5O. The molecule has 1 unspecified atom stereocenters. The van der Waals surface area contributed by atoms with Crippen molar-refractivity contribution in [1.29, 1.82) is 0 Å². The van der Waals surface area contributed by atoms with Gasteiger partial charge in [-0.15, -0.1) is 0 Å². The molecule has 1 atom stereocenters. The molecule has 1 aliphatic rings. The summed E-state index contributed by atoms with van der Waals surface area (Å²) in [6.45, 7) is 4.31. The molecule has 0 bridgehead atoms. The Kier molecular flexibility index (Phi) is 4.15. The highest BCUT2D eigenvalue weighted by molar-refractivity contribution is 5.68. The van der Waals surface area contributed by atoms with E-state index >= 15 is 0 Å². The van der Waals surface area contributed by atoms with Crippen LogP contribution in [0.3, 0.4) is 0 Å². The van der Waals surface area contributed by atoms with Crippen LogP contribution in [-0.2, 0) is 0 Å². The van der Waals surface area contributed by atoms with Crippen LogP contribution in [0.2, 0.25) is 0 Å². The van der Waals surface area contributed by atoms with Crippen molar-refractivity contribution in [2.24, 2.45) is 0 Å². The van der Waals surface area contributed by atoms with E-state index in [1.54, 1.807) is 6.33 Å². The maximum atomic E-state index is 10.4. The van der Waals surface area contributed by atoms with Crippen LogP contribution < -0.4 is 4.90 Å². The quantitative estimate of drug-likeness (QED) is 0.790. The molecule has 6 heteroatoms. The first-order chi connectivity index (χ1) is 11.8. The van der Waals surface area contributed by atoms with E-state index in [0.29, 0.717) is 6.54 Å². The minimum absolute atomic E-state index is 0.436. The van der Waals surface area contributed by atoms with E-state index in [1.807, 2.05) is 53.3 Å². The fourth-order valence-corrected chi connectivity index (χ4v) is 3.25. The van der Waals surface area contributed by atoms with Crippen molar-refractivity contribution in [2.45, 2.75) is 6.10 Å². The number of benzene rings is 1. The van der Waals surface area contributed by atoms with Crippen LogP contribution in [0.4, 0.5) is 5.82 Å². The molecule has 6 nitrogen and oxygen atoms in total. The van der Waals surface area contributed by atoms with Crippen LogP contribution in [0, 0.1) is 0 Å². The first kappa shape index (κ1) is 15.1. The van der Waals surface area contributed by atoms with Crippen molar-refractivity contribution < 1.29 is 5.11 Å². The van der Waals surface area contributed by atoms with E-state index in [0.717, 1.165) is 43.1 Å². The lowest BCUT2D eigenvalue weighted by atomic mass is 10.1. The highest BCUT2D eigenvalue weighted by Gasteiger charge is 2.22.